The molecule has 0 saturated heterocycles. The molecule has 0 aromatic carbocycles. The molecule has 0 atom stereocenters. The molecule has 0 aromatic heterocycles. The van der Waals surface area contributed by atoms with Gasteiger partial charge in [0.05, 0.1) is 0 Å². The molecular formula is C11H21NO2. The Balaban J connectivity index is 2.30. The first-order valence-electron chi connectivity index (χ1n) is 5.59. The zero-order valence-electron chi connectivity index (χ0n) is 9.29. The maximum atomic E-state index is 11.6. The van der Waals surface area contributed by atoms with Crippen LogP contribution in [0.5, 0.6) is 0 Å². The van der Waals surface area contributed by atoms with E-state index >= 15 is 0 Å². The summed E-state index contributed by atoms with van der Waals surface area (Å²) in [7, 11) is 1.90. The number of carbonyl (C=O) groups is 1. The number of carbonyl (C=O) groups excluding carboxylic acids is 1. The maximum absolute atomic E-state index is 11.6. The molecule has 1 amide bonds. The van der Waals surface area contributed by atoms with Crippen LogP contribution in [0.25, 0.3) is 0 Å². The van der Waals surface area contributed by atoms with E-state index in [1.807, 2.05) is 18.9 Å². The minimum absolute atomic E-state index is 0.124. The zero-order valence-corrected chi connectivity index (χ0v) is 9.29. The second-order valence-corrected chi connectivity index (χ2v) is 3.93. The van der Waals surface area contributed by atoms with Crippen molar-refractivity contribution in [2.75, 3.05) is 20.3 Å². The molecule has 0 N–H and O–H groups in total. The predicted molar refractivity (Wildman–Crippen MR) is 56.1 cm³/mol. The molecule has 0 bridgehead atoms. The van der Waals surface area contributed by atoms with Crippen LogP contribution in [0.2, 0.25) is 0 Å². The summed E-state index contributed by atoms with van der Waals surface area (Å²) in [5, 5.41) is 0. The average Bonchev–Trinajstić information content (AvgIpc) is 2.26. The van der Waals surface area contributed by atoms with E-state index in [0.29, 0.717) is 12.6 Å². The molecule has 0 aliphatic heterocycles. The highest BCUT2D eigenvalue weighted by molar-refractivity contribution is 5.77. The Morgan fingerprint density at radius 3 is 2.57 bits per heavy atom. The van der Waals surface area contributed by atoms with Crippen LogP contribution in [0.15, 0.2) is 0 Å². The largest absolute Gasteiger partial charge is 0.372 e. The summed E-state index contributed by atoms with van der Waals surface area (Å²) in [6.07, 6.45) is 6.17. The van der Waals surface area contributed by atoms with E-state index in [-0.39, 0.29) is 12.5 Å². The van der Waals surface area contributed by atoms with Gasteiger partial charge in [0, 0.05) is 19.7 Å². The number of hydrogen-bond donors (Lipinski definition) is 0. The standard InChI is InChI=1S/C11H21NO2/c1-3-14-9-11(13)12(2)10-7-5-4-6-8-10/h10H,3-9H2,1-2H3. The van der Waals surface area contributed by atoms with Crippen molar-refractivity contribution in [3.05, 3.63) is 0 Å². The monoisotopic (exact) mass is 199 g/mol. The summed E-state index contributed by atoms with van der Waals surface area (Å²) >= 11 is 0. The molecule has 0 heterocycles. The molecule has 3 nitrogen and oxygen atoms in total. The highest BCUT2D eigenvalue weighted by Crippen LogP contribution is 2.21. The summed E-state index contributed by atoms with van der Waals surface area (Å²) in [6, 6.07) is 0.455. The lowest BCUT2D eigenvalue weighted by Gasteiger charge is -2.31. The lowest BCUT2D eigenvalue weighted by atomic mass is 9.94. The molecular weight excluding hydrogens is 178 g/mol. The summed E-state index contributed by atoms with van der Waals surface area (Å²) in [4.78, 5) is 13.5. The van der Waals surface area contributed by atoms with Gasteiger partial charge in [-0.15, -0.1) is 0 Å². The van der Waals surface area contributed by atoms with Crippen molar-refractivity contribution in [1.29, 1.82) is 0 Å². The van der Waals surface area contributed by atoms with Crippen molar-refractivity contribution in [2.24, 2.45) is 0 Å². The molecule has 1 aliphatic carbocycles. The molecule has 1 aliphatic rings. The van der Waals surface area contributed by atoms with E-state index in [1.54, 1.807) is 0 Å². The third kappa shape index (κ3) is 3.29. The van der Waals surface area contributed by atoms with Crippen LogP contribution in [0, 0.1) is 0 Å². The third-order valence-corrected chi connectivity index (χ3v) is 2.95. The zero-order chi connectivity index (χ0) is 10.4. The summed E-state index contributed by atoms with van der Waals surface area (Å²) in [5.41, 5.74) is 0. The molecule has 1 rings (SSSR count). The Morgan fingerprint density at radius 1 is 1.36 bits per heavy atom. The number of nitrogens with zero attached hydrogens (tertiary/aromatic N) is 1. The number of amides is 1. The van der Waals surface area contributed by atoms with Crippen LogP contribution < -0.4 is 0 Å². The SMILES string of the molecule is CCOCC(=O)N(C)C1CCCCC1. The first-order valence-corrected chi connectivity index (χ1v) is 5.59. The third-order valence-electron chi connectivity index (χ3n) is 2.95. The molecule has 0 spiro atoms. The average molecular weight is 199 g/mol. The van der Waals surface area contributed by atoms with E-state index in [0.717, 1.165) is 12.8 Å². The molecule has 3 heteroatoms. The van der Waals surface area contributed by atoms with Gasteiger partial charge < -0.3 is 9.64 Å². The number of rotatable bonds is 4. The summed E-state index contributed by atoms with van der Waals surface area (Å²) in [6.45, 7) is 2.77. The van der Waals surface area contributed by atoms with E-state index < -0.39 is 0 Å². The minimum Gasteiger partial charge on any atom is -0.372 e. The fourth-order valence-corrected chi connectivity index (χ4v) is 1.96. The Hall–Kier alpha value is -0.570. The van der Waals surface area contributed by atoms with Crippen LogP contribution >= 0.6 is 0 Å². The molecule has 82 valence electrons. The van der Waals surface area contributed by atoms with Crippen LogP contribution in [0.4, 0.5) is 0 Å². The van der Waals surface area contributed by atoms with Gasteiger partial charge in [0.1, 0.15) is 6.61 Å². The van der Waals surface area contributed by atoms with Gasteiger partial charge in [-0.05, 0) is 19.8 Å². The van der Waals surface area contributed by atoms with Crippen molar-refractivity contribution < 1.29 is 9.53 Å². The summed E-state index contributed by atoms with van der Waals surface area (Å²) < 4.78 is 5.12. The molecule has 1 saturated carbocycles. The number of hydrogen-bond acceptors (Lipinski definition) is 2. The van der Waals surface area contributed by atoms with Gasteiger partial charge in [0.25, 0.3) is 0 Å². The van der Waals surface area contributed by atoms with Gasteiger partial charge >= 0.3 is 0 Å². The maximum Gasteiger partial charge on any atom is 0.248 e. The first-order chi connectivity index (χ1) is 6.75. The Bertz CT molecular complexity index is 176. The Kier molecular flexibility index (Phi) is 4.94. The van der Waals surface area contributed by atoms with Crippen LogP contribution in [0.1, 0.15) is 39.0 Å². The topological polar surface area (TPSA) is 29.5 Å². The van der Waals surface area contributed by atoms with Crippen molar-refractivity contribution >= 4 is 5.91 Å². The Labute approximate surface area is 86.4 Å². The highest BCUT2D eigenvalue weighted by atomic mass is 16.5. The van der Waals surface area contributed by atoms with E-state index in [9.17, 15) is 4.79 Å². The lowest BCUT2D eigenvalue weighted by molar-refractivity contribution is -0.137. The molecule has 0 aromatic rings. The highest BCUT2D eigenvalue weighted by Gasteiger charge is 2.21. The quantitative estimate of drug-likeness (QED) is 0.691. The predicted octanol–water partition coefficient (Wildman–Crippen LogP) is 1.81. The Morgan fingerprint density at radius 2 is 2.00 bits per heavy atom. The number of likely N-dealkylation sites (N-methyl/N-ethyl adjacent to an activating group) is 1. The fourth-order valence-electron chi connectivity index (χ4n) is 1.96. The van der Waals surface area contributed by atoms with E-state index in [4.69, 9.17) is 4.74 Å². The summed E-state index contributed by atoms with van der Waals surface area (Å²) in [5.74, 6) is 0.124. The van der Waals surface area contributed by atoms with Crippen molar-refractivity contribution in [1.82, 2.24) is 4.90 Å². The van der Waals surface area contributed by atoms with E-state index in [1.165, 1.54) is 19.3 Å². The van der Waals surface area contributed by atoms with Gasteiger partial charge in [-0.1, -0.05) is 19.3 Å². The van der Waals surface area contributed by atoms with Crippen LogP contribution in [-0.4, -0.2) is 37.1 Å². The molecule has 1 fully saturated rings. The van der Waals surface area contributed by atoms with Crippen molar-refractivity contribution in [3.8, 4) is 0 Å². The molecule has 14 heavy (non-hydrogen) atoms. The second-order valence-electron chi connectivity index (χ2n) is 3.93. The lowest BCUT2D eigenvalue weighted by Crippen LogP contribution is -2.40. The van der Waals surface area contributed by atoms with Gasteiger partial charge in [-0.25, -0.2) is 0 Å². The van der Waals surface area contributed by atoms with Crippen LogP contribution in [-0.2, 0) is 9.53 Å². The smallest absolute Gasteiger partial charge is 0.248 e. The first kappa shape index (κ1) is 11.5. The second kappa shape index (κ2) is 6.02. The minimum atomic E-state index is 0.124. The number of ether oxygens (including phenoxy) is 1. The van der Waals surface area contributed by atoms with Crippen molar-refractivity contribution in [2.45, 2.75) is 45.1 Å². The normalized spacial score (nSPS) is 18.1. The molecule has 0 radical (unpaired) electrons. The fraction of sp³-hybridized carbons (Fsp3) is 0.909. The molecule has 0 unspecified atom stereocenters. The van der Waals surface area contributed by atoms with Crippen molar-refractivity contribution in [3.63, 3.8) is 0 Å². The van der Waals surface area contributed by atoms with E-state index in [2.05, 4.69) is 0 Å². The van der Waals surface area contributed by atoms with Gasteiger partial charge in [-0.3, -0.25) is 4.79 Å². The van der Waals surface area contributed by atoms with Gasteiger partial charge in [-0.2, -0.15) is 0 Å². The van der Waals surface area contributed by atoms with Gasteiger partial charge in [0.2, 0.25) is 5.91 Å². The van der Waals surface area contributed by atoms with Gasteiger partial charge in [0.15, 0.2) is 0 Å². The van der Waals surface area contributed by atoms with Crippen LogP contribution in [0.3, 0.4) is 0 Å².